The number of hydrogen-bond donors (Lipinski definition) is 0. The van der Waals surface area contributed by atoms with Crippen LogP contribution in [0, 0.1) is 0 Å². The molecule has 2 heterocycles. The highest BCUT2D eigenvalue weighted by Gasteiger charge is 2.34. The zero-order chi connectivity index (χ0) is 22.3. The van der Waals surface area contributed by atoms with Gasteiger partial charge in [0, 0.05) is 24.4 Å². The number of imidazole rings is 1. The molecule has 3 rings (SSSR count). The fourth-order valence-electron chi connectivity index (χ4n) is 2.96. The first-order valence-corrected chi connectivity index (χ1v) is 10.5. The molecule has 0 saturated heterocycles. The van der Waals surface area contributed by atoms with Gasteiger partial charge in [-0.2, -0.15) is 13.2 Å². The summed E-state index contributed by atoms with van der Waals surface area (Å²) in [7, 11) is -2.41. The zero-order valence-corrected chi connectivity index (χ0v) is 17.2. The first-order valence-electron chi connectivity index (χ1n) is 8.89. The van der Waals surface area contributed by atoms with Crippen molar-refractivity contribution in [2.45, 2.75) is 24.9 Å². The number of alkyl halides is 3. The molecule has 0 spiro atoms. The topological polar surface area (TPSA) is 81.9 Å². The molecule has 3 aromatic rings. The molecule has 0 atom stereocenters. The van der Waals surface area contributed by atoms with E-state index in [1.54, 1.807) is 31.3 Å². The number of halogens is 3. The van der Waals surface area contributed by atoms with Gasteiger partial charge in [0.25, 0.3) is 0 Å². The number of ketones is 1. The Bertz CT molecular complexity index is 1230. The van der Waals surface area contributed by atoms with Crippen LogP contribution in [0.4, 0.5) is 13.2 Å². The number of rotatable bonds is 5. The molecule has 0 saturated carbocycles. The van der Waals surface area contributed by atoms with E-state index in [-0.39, 0.29) is 23.1 Å². The lowest BCUT2D eigenvalue weighted by molar-refractivity contribution is -0.138. The van der Waals surface area contributed by atoms with Crippen LogP contribution in [0.2, 0.25) is 0 Å². The monoisotopic (exact) mass is 437 g/mol. The van der Waals surface area contributed by atoms with Crippen molar-refractivity contribution in [1.29, 1.82) is 0 Å². The van der Waals surface area contributed by atoms with Gasteiger partial charge in [0.05, 0.1) is 28.1 Å². The third-order valence-electron chi connectivity index (χ3n) is 4.66. The first kappa shape index (κ1) is 21.7. The molecule has 6 nitrogen and oxygen atoms in total. The van der Waals surface area contributed by atoms with Crippen molar-refractivity contribution in [3.8, 4) is 22.8 Å². The van der Waals surface area contributed by atoms with Gasteiger partial charge in [-0.05, 0) is 19.1 Å². The number of Topliss-reactive ketones (excluding diaryl/α,β-unsaturated/α-hetero) is 1. The van der Waals surface area contributed by atoms with Crippen molar-refractivity contribution in [3.05, 3.63) is 53.9 Å². The van der Waals surface area contributed by atoms with E-state index in [1.807, 2.05) is 0 Å². The number of benzene rings is 1. The van der Waals surface area contributed by atoms with Crippen molar-refractivity contribution >= 4 is 15.6 Å². The van der Waals surface area contributed by atoms with Crippen LogP contribution >= 0.6 is 0 Å². The fourth-order valence-corrected chi connectivity index (χ4v) is 4.01. The molecule has 0 aliphatic carbocycles. The van der Waals surface area contributed by atoms with Crippen LogP contribution in [0.3, 0.4) is 0 Å². The molecular formula is C20H18F3N3O3S. The van der Waals surface area contributed by atoms with E-state index in [0.29, 0.717) is 29.1 Å². The summed E-state index contributed by atoms with van der Waals surface area (Å²) >= 11 is 0. The highest BCUT2D eigenvalue weighted by atomic mass is 32.2. The van der Waals surface area contributed by atoms with Crippen molar-refractivity contribution in [3.63, 3.8) is 0 Å². The maximum atomic E-state index is 13.1. The van der Waals surface area contributed by atoms with Crippen LogP contribution in [0.5, 0.6) is 0 Å². The molecular weight excluding hydrogens is 419 g/mol. The lowest BCUT2D eigenvalue weighted by atomic mass is 10.1. The van der Waals surface area contributed by atoms with Gasteiger partial charge in [-0.3, -0.25) is 9.78 Å². The molecule has 0 amide bonds. The largest absolute Gasteiger partial charge is 0.417 e. The fraction of sp³-hybridized carbons (Fsp3) is 0.250. The van der Waals surface area contributed by atoms with E-state index in [4.69, 9.17) is 0 Å². The summed E-state index contributed by atoms with van der Waals surface area (Å²) in [4.78, 5) is 19.1. The molecule has 158 valence electrons. The molecule has 2 aromatic heterocycles. The Kier molecular flexibility index (Phi) is 5.55. The predicted octanol–water partition coefficient (Wildman–Crippen LogP) is 4.16. The third-order valence-corrected chi connectivity index (χ3v) is 6.40. The maximum Gasteiger partial charge on any atom is 0.417 e. The predicted molar refractivity (Wildman–Crippen MR) is 105 cm³/mol. The number of carbonyl (C=O) groups is 1. The van der Waals surface area contributed by atoms with E-state index in [2.05, 4.69) is 9.97 Å². The Morgan fingerprint density at radius 2 is 1.83 bits per heavy atom. The minimum absolute atomic E-state index is 0.0963. The summed E-state index contributed by atoms with van der Waals surface area (Å²) in [5.41, 5.74) is 0.366. The van der Waals surface area contributed by atoms with Gasteiger partial charge >= 0.3 is 6.18 Å². The smallest absolute Gasteiger partial charge is 0.326 e. The second-order valence-corrected chi connectivity index (χ2v) is 8.88. The molecule has 0 aliphatic heterocycles. The summed E-state index contributed by atoms with van der Waals surface area (Å²) in [5, 5.41) is 0. The van der Waals surface area contributed by atoms with Gasteiger partial charge in [-0.15, -0.1) is 0 Å². The van der Waals surface area contributed by atoms with Crippen molar-refractivity contribution < 1.29 is 26.4 Å². The standard InChI is InChI=1S/C20H18F3N3O3S/c1-4-30(28,29)17-9-15(20(21,22)23)10-24-18(17)19-25-11-16(26(19)3)14-7-5-6-13(8-14)12(2)27/h5-11H,4H2,1-3H3. The SMILES string of the molecule is CCS(=O)(=O)c1cc(C(F)(F)F)cnc1-c1ncc(-c2cccc(C(C)=O)c2)n1C. The Morgan fingerprint density at radius 1 is 1.13 bits per heavy atom. The van der Waals surface area contributed by atoms with E-state index in [9.17, 15) is 26.4 Å². The lowest BCUT2D eigenvalue weighted by Crippen LogP contribution is -2.13. The average Bonchev–Trinajstić information content (AvgIpc) is 3.08. The van der Waals surface area contributed by atoms with E-state index in [1.165, 1.54) is 24.6 Å². The molecule has 0 radical (unpaired) electrons. The quantitative estimate of drug-likeness (QED) is 0.560. The highest BCUT2D eigenvalue weighted by molar-refractivity contribution is 7.91. The van der Waals surface area contributed by atoms with Gasteiger partial charge < -0.3 is 4.57 Å². The lowest BCUT2D eigenvalue weighted by Gasteiger charge is -2.13. The number of nitrogens with zero attached hydrogens (tertiary/aromatic N) is 3. The van der Waals surface area contributed by atoms with E-state index < -0.39 is 26.5 Å². The number of carbonyl (C=O) groups excluding carboxylic acids is 1. The molecule has 0 N–H and O–H groups in total. The molecule has 0 fully saturated rings. The van der Waals surface area contributed by atoms with Gasteiger partial charge in [-0.1, -0.05) is 25.1 Å². The average molecular weight is 437 g/mol. The number of aromatic nitrogens is 3. The highest BCUT2D eigenvalue weighted by Crippen LogP contribution is 2.35. The summed E-state index contributed by atoms with van der Waals surface area (Å²) in [6.07, 6.45) is -2.69. The Balaban J connectivity index is 2.20. The maximum absolute atomic E-state index is 13.1. The third kappa shape index (κ3) is 4.00. The molecule has 0 unspecified atom stereocenters. The number of hydrogen-bond acceptors (Lipinski definition) is 5. The number of sulfone groups is 1. The van der Waals surface area contributed by atoms with Crippen LogP contribution in [-0.2, 0) is 23.1 Å². The van der Waals surface area contributed by atoms with Gasteiger partial charge in [0.2, 0.25) is 0 Å². The van der Waals surface area contributed by atoms with Crippen LogP contribution in [0.25, 0.3) is 22.8 Å². The summed E-state index contributed by atoms with van der Waals surface area (Å²) in [5.74, 6) is -0.417. The number of pyridine rings is 1. The Morgan fingerprint density at radius 3 is 2.43 bits per heavy atom. The van der Waals surface area contributed by atoms with Gasteiger partial charge in [0.15, 0.2) is 21.4 Å². The van der Waals surface area contributed by atoms with E-state index in [0.717, 1.165) is 0 Å². The normalized spacial score (nSPS) is 12.2. The van der Waals surface area contributed by atoms with Crippen LogP contribution in [0.1, 0.15) is 29.8 Å². The molecule has 30 heavy (non-hydrogen) atoms. The Hall–Kier alpha value is -3.01. The van der Waals surface area contributed by atoms with Crippen LogP contribution in [0.15, 0.2) is 47.6 Å². The second-order valence-electron chi connectivity index (χ2n) is 6.63. The van der Waals surface area contributed by atoms with Gasteiger partial charge in [-0.25, -0.2) is 13.4 Å². The molecule has 0 bridgehead atoms. The van der Waals surface area contributed by atoms with Crippen molar-refractivity contribution in [2.75, 3.05) is 5.75 Å². The summed E-state index contributed by atoms with van der Waals surface area (Å²) in [6.45, 7) is 2.78. The van der Waals surface area contributed by atoms with Crippen molar-refractivity contribution in [1.82, 2.24) is 14.5 Å². The summed E-state index contributed by atoms with van der Waals surface area (Å²) in [6, 6.07) is 7.35. The molecule has 0 aliphatic rings. The second kappa shape index (κ2) is 7.67. The molecule has 1 aromatic carbocycles. The first-order chi connectivity index (χ1) is 14.0. The van der Waals surface area contributed by atoms with Gasteiger partial charge in [0.1, 0.15) is 5.69 Å². The Labute approximate surface area is 171 Å². The van der Waals surface area contributed by atoms with Crippen LogP contribution in [-0.4, -0.2) is 34.5 Å². The minimum atomic E-state index is -4.73. The zero-order valence-electron chi connectivity index (χ0n) is 16.4. The molecule has 10 heteroatoms. The minimum Gasteiger partial charge on any atom is -0.326 e. The van der Waals surface area contributed by atoms with Crippen molar-refractivity contribution in [2.24, 2.45) is 7.05 Å². The van der Waals surface area contributed by atoms with Crippen LogP contribution < -0.4 is 0 Å². The summed E-state index contributed by atoms with van der Waals surface area (Å²) < 4.78 is 65.9. The van der Waals surface area contributed by atoms with E-state index >= 15 is 0 Å².